The summed E-state index contributed by atoms with van der Waals surface area (Å²) < 4.78 is 18.7. The van der Waals surface area contributed by atoms with Gasteiger partial charge in [-0.1, -0.05) is 0 Å². The maximum Gasteiger partial charge on any atom is 0.167 e. The Morgan fingerprint density at radius 1 is 1.44 bits per heavy atom. The van der Waals surface area contributed by atoms with Crippen molar-refractivity contribution in [2.45, 2.75) is 6.92 Å². The molecule has 0 bridgehead atoms. The van der Waals surface area contributed by atoms with Crippen LogP contribution in [0.2, 0.25) is 0 Å². The third kappa shape index (κ3) is 2.65. The molecule has 6 heteroatoms. The Balaban J connectivity index is 2.20. The number of halogens is 1. The lowest BCUT2D eigenvalue weighted by molar-refractivity contribution is 0.321. The molecule has 0 saturated carbocycles. The van der Waals surface area contributed by atoms with Crippen LogP contribution in [0.5, 0.6) is 5.75 Å². The summed E-state index contributed by atoms with van der Waals surface area (Å²) in [4.78, 5) is 7.73. The van der Waals surface area contributed by atoms with E-state index in [4.69, 9.17) is 10.5 Å². The van der Waals surface area contributed by atoms with E-state index >= 15 is 0 Å². The number of hydrogen-bond acceptors (Lipinski definition) is 5. The van der Waals surface area contributed by atoms with Crippen LogP contribution in [-0.2, 0) is 0 Å². The number of nitrogen functional groups attached to an aromatic ring is 1. The predicted molar refractivity (Wildman–Crippen MR) is 67.3 cm³/mol. The lowest BCUT2D eigenvalue weighted by Gasteiger charge is -2.09. The van der Waals surface area contributed by atoms with Gasteiger partial charge < -0.3 is 15.8 Å². The molecule has 0 radical (unpaired) electrons. The van der Waals surface area contributed by atoms with Crippen molar-refractivity contribution >= 4 is 17.2 Å². The lowest BCUT2D eigenvalue weighted by atomic mass is 10.3. The number of aromatic nitrogens is 2. The number of hydrogen-bond donors (Lipinski definition) is 2. The van der Waals surface area contributed by atoms with Gasteiger partial charge in [-0.05, 0) is 19.1 Å². The van der Waals surface area contributed by atoms with Crippen LogP contribution in [0.4, 0.5) is 21.6 Å². The summed E-state index contributed by atoms with van der Waals surface area (Å²) >= 11 is 0. The summed E-state index contributed by atoms with van der Waals surface area (Å²) in [7, 11) is 0. The van der Waals surface area contributed by atoms with Crippen molar-refractivity contribution in [3.8, 4) is 5.75 Å². The van der Waals surface area contributed by atoms with Crippen LogP contribution < -0.4 is 15.8 Å². The molecule has 0 aliphatic heterocycles. The van der Waals surface area contributed by atoms with E-state index in [1.54, 1.807) is 19.1 Å². The van der Waals surface area contributed by atoms with Crippen molar-refractivity contribution in [1.29, 1.82) is 0 Å². The highest BCUT2D eigenvalue weighted by Gasteiger charge is 2.06. The Morgan fingerprint density at radius 2 is 2.28 bits per heavy atom. The third-order valence-corrected chi connectivity index (χ3v) is 2.24. The molecule has 0 amide bonds. The molecule has 2 rings (SSSR count). The van der Waals surface area contributed by atoms with Crippen LogP contribution in [0.1, 0.15) is 6.92 Å². The molecule has 1 aromatic heterocycles. The number of ether oxygens (including phenoxy) is 1. The van der Waals surface area contributed by atoms with Crippen molar-refractivity contribution in [3.05, 3.63) is 36.5 Å². The SMILES string of the molecule is CCOc1ccc(Nc2ncncc2N)cc1F. The van der Waals surface area contributed by atoms with Gasteiger partial charge in [0, 0.05) is 11.8 Å². The van der Waals surface area contributed by atoms with Crippen molar-refractivity contribution in [3.63, 3.8) is 0 Å². The molecule has 0 atom stereocenters. The molecule has 0 spiro atoms. The molecular formula is C12H13FN4O. The average molecular weight is 248 g/mol. The first-order valence-electron chi connectivity index (χ1n) is 5.45. The predicted octanol–water partition coefficient (Wildman–Crippen LogP) is 2.34. The van der Waals surface area contributed by atoms with E-state index in [1.165, 1.54) is 18.6 Å². The summed E-state index contributed by atoms with van der Waals surface area (Å²) in [6.45, 7) is 2.22. The Bertz CT molecular complexity index is 547. The Hall–Kier alpha value is -2.37. The highest BCUT2D eigenvalue weighted by Crippen LogP contribution is 2.24. The summed E-state index contributed by atoms with van der Waals surface area (Å²) in [6.07, 6.45) is 2.84. The van der Waals surface area contributed by atoms with E-state index in [0.717, 1.165) is 0 Å². The standard InChI is InChI=1S/C12H13FN4O/c1-2-18-11-4-3-8(5-9(11)13)17-12-10(14)6-15-7-16-12/h3-7H,2,14H2,1H3,(H,15,16,17). The molecule has 1 aromatic carbocycles. The largest absolute Gasteiger partial charge is 0.491 e. The zero-order valence-electron chi connectivity index (χ0n) is 9.85. The molecule has 3 N–H and O–H groups in total. The maximum absolute atomic E-state index is 13.6. The zero-order valence-corrected chi connectivity index (χ0v) is 9.85. The number of anilines is 3. The Morgan fingerprint density at radius 3 is 2.94 bits per heavy atom. The molecule has 0 saturated heterocycles. The maximum atomic E-state index is 13.6. The zero-order chi connectivity index (χ0) is 13.0. The lowest BCUT2D eigenvalue weighted by Crippen LogP contribution is -2.01. The van der Waals surface area contributed by atoms with Gasteiger partial charge in [0.05, 0.1) is 18.5 Å². The minimum Gasteiger partial charge on any atom is -0.491 e. The van der Waals surface area contributed by atoms with E-state index < -0.39 is 5.82 Å². The van der Waals surface area contributed by atoms with E-state index in [0.29, 0.717) is 23.8 Å². The highest BCUT2D eigenvalue weighted by atomic mass is 19.1. The minimum absolute atomic E-state index is 0.221. The smallest absolute Gasteiger partial charge is 0.167 e. The first kappa shape index (κ1) is 12.1. The fourth-order valence-corrected chi connectivity index (χ4v) is 1.43. The molecule has 0 aliphatic carbocycles. The summed E-state index contributed by atoms with van der Waals surface area (Å²) in [6, 6.07) is 4.57. The van der Waals surface area contributed by atoms with Crippen LogP contribution in [-0.4, -0.2) is 16.6 Å². The second-order valence-electron chi connectivity index (χ2n) is 3.53. The van der Waals surface area contributed by atoms with Gasteiger partial charge in [-0.25, -0.2) is 14.4 Å². The molecular weight excluding hydrogens is 235 g/mol. The van der Waals surface area contributed by atoms with Gasteiger partial charge in [0.2, 0.25) is 0 Å². The molecule has 0 unspecified atom stereocenters. The van der Waals surface area contributed by atoms with E-state index in [2.05, 4.69) is 15.3 Å². The van der Waals surface area contributed by atoms with Gasteiger partial charge in [-0.15, -0.1) is 0 Å². The minimum atomic E-state index is -0.436. The topological polar surface area (TPSA) is 73.1 Å². The van der Waals surface area contributed by atoms with Gasteiger partial charge in [-0.3, -0.25) is 0 Å². The molecule has 94 valence electrons. The molecule has 1 heterocycles. The quantitative estimate of drug-likeness (QED) is 0.868. The number of benzene rings is 1. The fraction of sp³-hybridized carbons (Fsp3) is 0.167. The monoisotopic (exact) mass is 248 g/mol. The second-order valence-corrected chi connectivity index (χ2v) is 3.53. The number of nitrogens with one attached hydrogen (secondary N) is 1. The van der Waals surface area contributed by atoms with Crippen LogP contribution in [0, 0.1) is 5.82 Å². The van der Waals surface area contributed by atoms with Crippen LogP contribution in [0.3, 0.4) is 0 Å². The van der Waals surface area contributed by atoms with Gasteiger partial charge in [-0.2, -0.15) is 0 Å². The fourth-order valence-electron chi connectivity index (χ4n) is 1.43. The van der Waals surface area contributed by atoms with Gasteiger partial charge in [0.25, 0.3) is 0 Å². The van der Waals surface area contributed by atoms with Crippen molar-refractivity contribution in [1.82, 2.24) is 9.97 Å². The van der Waals surface area contributed by atoms with Crippen molar-refractivity contribution in [2.75, 3.05) is 17.7 Å². The van der Waals surface area contributed by atoms with E-state index in [1.807, 2.05) is 0 Å². The number of nitrogens with zero attached hydrogens (tertiary/aromatic N) is 2. The number of nitrogens with two attached hydrogens (primary N) is 1. The molecule has 0 fully saturated rings. The van der Waals surface area contributed by atoms with Crippen LogP contribution in [0.25, 0.3) is 0 Å². The third-order valence-electron chi connectivity index (χ3n) is 2.24. The molecule has 18 heavy (non-hydrogen) atoms. The molecule has 2 aromatic rings. The first-order chi connectivity index (χ1) is 8.70. The Kier molecular flexibility index (Phi) is 3.57. The molecule has 0 aliphatic rings. The Labute approximate surface area is 104 Å². The second kappa shape index (κ2) is 5.31. The summed E-state index contributed by atoms with van der Waals surface area (Å²) in [5.74, 6) is 0.224. The van der Waals surface area contributed by atoms with Gasteiger partial charge >= 0.3 is 0 Å². The normalized spacial score (nSPS) is 10.1. The number of rotatable bonds is 4. The van der Waals surface area contributed by atoms with E-state index in [9.17, 15) is 4.39 Å². The van der Waals surface area contributed by atoms with Gasteiger partial charge in [0.1, 0.15) is 6.33 Å². The van der Waals surface area contributed by atoms with Crippen molar-refractivity contribution in [2.24, 2.45) is 0 Å². The summed E-state index contributed by atoms with van der Waals surface area (Å²) in [5, 5.41) is 2.91. The first-order valence-corrected chi connectivity index (χ1v) is 5.45. The van der Waals surface area contributed by atoms with Crippen LogP contribution >= 0.6 is 0 Å². The molecule has 5 nitrogen and oxygen atoms in total. The van der Waals surface area contributed by atoms with Crippen LogP contribution in [0.15, 0.2) is 30.7 Å². The van der Waals surface area contributed by atoms with Crippen molar-refractivity contribution < 1.29 is 9.13 Å². The average Bonchev–Trinajstić information content (AvgIpc) is 2.36. The van der Waals surface area contributed by atoms with E-state index in [-0.39, 0.29) is 5.75 Å². The van der Waals surface area contributed by atoms with Gasteiger partial charge in [0.15, 0.2) is 17.4 Å². The highest BCUT2D eigenvalue weighted by molar-refractivity contribution is 5.67. The summed E-state index contributed by atoms with van der Waals surface area (Å²) in [5.41, 5.74) is 6.62.